The Morgan fingerprint density at radius 1 is 1.29 bits per heavy atom. The van der Waals surface area contributed by atoms with E-state index >= 15 is 0 Å². The quantitative estimate of drug-likeness (QED) is 0.844. The van der Waals surface area contributed by atoms with Gasteiger partial charge in [-0.1, -0.05) is 25.1 Å². The first-order valence-corrected chi connectivity index (χ1v) is 7.55. The molecule has 1 unspecified atom stereocenters. The van der Waals surface area contributed by atoms with Gasteiger partial charge in [-0.2, -0.15) is 0 Å². The Balaban J connectivity index is 1.92. The van der Waals surface area contributed by atoms with Gasteiger partial charge in [0.1, 0.15) is 0 Å². The molecular formula is C17H23NO3. The minimum absolute atomic E-state index is 0.117. The Hall–Kier alpha value is -1.84. The lowest BCUT2D eigenvalue weighted by Crippen LogP contribution is -2.41. The van der Waals surface area contributed by atoms with Gasteiger partial charge in [-0.15, -0.1) is 0 Å². The molecule has 0 radical (unpaired) electrons. The molecule has 21 heavy (non-hydrogen) atoms. The number of aliphatic carboxylic acids is 1. The second-order valence-electron chi connectivity index (χ2n) is 6.13. The molecule has 1 aliphatic carbocycles. The highest BCUT2D eigenvalue weighted by atomic mass is 16.4. The second-order valence-corrected chi connectivity index (χ2v) is 6.13. The van der Waals surface area contributed by atoms with E-state index in [0.29, 0.717) is 12.8 Å². The average molecular weight is 289 g/mol. The summed E-state index contributed by atoms with van der Waals surface area (Å²) in [5, 5.41) is 11.9. The number of amides is 1. The highest BCUT2D eigenvalue weighted by Crippen LogP contribution is 2.23. The zero-order valence-electron chi connectivity index (χ0n) is 12.7. The van der Waals surface area contributed by atoms with Gasteiger partial charge in [0.25, 0.3) is 0 Å². The summed E-state index contributed by atoms with van der Waals surface area (Å²) in [6.07, 6.45) is 4.22. The van der Waals surface area contributed by atoms with Crippen molar-refractivity contribution >= 4 is 11.9 Å². The van der Waals surface area contributed by atoms with Crippen LogP contribution in [0, 0.1) is 5.41 Å². The third kappa shape index (κ3) is 3.63. The van der Waals surface area contributed by atoms with Crippen molar-refractivity contribution in [3.63, 3.8) is 0 Å². The smallest absolute Gasteiger partial charge is 0.311 e. The van der Waals surface area contributed by atoms with Gasteiger partial charge in [-0.05, 0) is 49.3 Å². The molecular weight excluding hydrogens is 266 g/mol. The molecule has 0 saturated carbocycles. The summed E-state index contributed by atoms with van der Waals surface area (Å²) in [4.78, 5) is 23.2. The minimum Gasteiger partial charge on any atom is -0.481 e. The SMILES string of the molecule is CCC(C)(CNC(=O)Cc1ccc2c(c1)CCC2)C(=O)O. The molecule has 114 valence electrons. The Bertz CT molecular complexity index is 553. The fourth-order valence-electron chi connectivity index (χ4n) is 2.63. The summed E-state index contributed by atoms with van der Waals surface area (Å²) >= 11 is 0. The molecule has 0 fully saturated rings. The summed E-state index contributed by atoms with van der Waals surface area (Å²) in [5.74, 6) is -0.989. The van der Waals surface area contributed by atoms with Crippen LogP contribution in [0.5, 0.6) is 0 Å². The molecule has 2 rings (SSSR count). The summed E-state index contributed by atoms with van der Waals surface area (Å²) in [7, 11) is 0. The van der Waals surface area contributed by atoms with Crippen LogP contribution in [-0.4, -0.2) is 23.5 Å². The summed E-state index contributed by atoms with van der Waals surface area (Å²) in [6, 6.07) is 6.22. The molecule has 4 nitrogen and oxygen atoms in total. The normalized spacial score (nSPS) is 16.1. The topological polar surface area (TPSA) is 66.4 Å². The Morgan fingerprint density at radius 2 is 2.00 bits per heavy atom. The van der Waals surface area contributed by atoms with Crippen molar-refractivity contribution in [2.75, 3.05) is 6.54 Å². The number of aryl methyl sites for hydroxylation is 2. The summed E-state index contributed by atoms with van der Waals surface area (Å²) in [5.41, 5.74) is 2.85. The molecule has 1 amide bonds. The van der Waals surface area contributed by atoms with E-state index in [2.05, 4.69) is 17.4 Å². The number of carboxylic acid groups (broad SMARTS) is 1. The van der Waals surface area contributed by atoms with E-state index in [1.807, 2.05) is 13.0 Å². The first kappa shape index (κ1) is 15.5. The van der Waals surface area contributed by atoms with Crippen molar-refractivity contribution in [3.8, 4) is 0 Å². The molecule has 1 aliphatic rings. The van der Waals surface area contributed by atoms with E-state index in [9.17, 15) is 14.7 Å². The van der Waals surface area contributed by atoms with Crippen molar-refractivity contribution in [1.29, 1.82) is 0 Å². The molecule has 2 N–H and O–H groups in total. The lowest BCUT2D eigenvalue weighted by molar-refractivity contribution is -0.148. The summed E-state index contributed by atoms with van der Waals surface area (Å²) < 4.78 is 0. The maximum atomic E-state index is 12.0. The van der Waals surface area contributed by atoms with Gasteiger partial charge in [0, 0.05) is 6.54 Å². The maximum absolute atomic E-state index is 12.0. The zero-order chi connectivity index (χ0) is 15.5. The largest absolute Gasteiger partial charge is 0.481 e. The Morgan fingerprint density at radius 3 is 2.67 bits per heavy atom. The minimum atomic E-state index is -0.895. The van der Waals surface area contributed by atoms with Crippen LogP contribution in [0.2, 0.25) is 0 Å². The molecule has 0 saturated heterocycles. The van der Waals surface area contributed by atoms with E-state index in [4.69, 9.17) is 0 Å². The predicted octanol–water partition coefficient (Wildman–Crippen LogP) is 2.33. The number of benzene rings is 1. The molecule has 0 aliphatic heterocycles. The lowest BCUT2D eigenvalue weighted by atomic mass is 9.87. The van der Waals surface area contributed by atoms with Crippen LogP contribution in [0.3, 0.4) is 0 Å². The van der Waals surface area contributed by atoms with Crippen molar-refractivity contribution < 1.29 is 14.7 Å². The highest BCUT2D eigenvalue weighted by Gasteiger charge is 2.31. The number of hydrogen-bond donors (Lipinski definition) is 2. The number of nitrogens with one attached hydrogen (secondary N) is 1. The number of rotatable bonds is 6. The van der Waals surface area contributed by atoms with Gasteiger partial charge < -0.3 is 10.4 Å². The van der Waals surface area contributed by atoms with Crippen molar-refractivity contribution in [2.45, 2.75) is 46.0 Å². The number of carbonyl (C=O) groups is 2. The van der Waals surface area contributed by atoms with Crippen molar-refractivity contribution in [3.05, 3.63) is 34.9 Å². The van der Waals surface area contributed by atoms with Gasteiger partial charge >= 0.3 is 5.97 Å². The molecule has 0 aromatic heterocycles. The number of fused-ring (bicyclic) bond motifs is 1. The fourth-order valence-corrected chi connectivity index (χ4v) is 2.63. The average Bonchev–Trinajstić information content (AvgIpc) is 2.92. The van der Waals surface area contributed by atoms with Gasteiger partial charge in [0.15, 0.2) is 0 Å². The van der Waals surface area contributed by atoms with Gasteiger partial charge in [0.05, 0.1) is 11.8 Å². The van der Waals surface area contributed by atoms with Crippen LogP contribution in [0.4, 0.5) is 0 Å². The molecule has 1 aromatic rings. The van der Waals surface area contributed by atoms with Crippen LogP contribution >= 0.6 is 0 Å². The predicted molar refractivity (Wildman–Crippen MR) is 81.2 cm³/mol. The highest BCUT2D eigenvalue weighted by molar-refractivity contribution is 5.80. The standard InChI is InChI=1S/C17H23NO3/c1-3-17(2,16(20)21)11-18-15(19)10-12-7-8-13-5-4-6-14(13)9-12/h7-9H,3-6,10-11H2,1-2H3,(H,18,19)(H,20,21). The molecule has 1 atom stereocenters. The first-order valence-electron chi connectivity index (χ1n) is 7.55. The number of hydrogen-bond acceptors (Lipinski definition) is 2. The van der Waals surface area contributed by atoms with Crippen molar-refractivity contribution in [1.82, 2.24) is 5.32 Å². The van der Waals surface area contributed by atoms with Crippen LogP contribution in [0.15, 0.2) is 18.2 Å². The first-order chi connectivity index (χ1) is 9.94. The van der Waals surface area contributed by atoms with Crippen LogP contribution in [0.25, 0.3) is 0 Å². The van der Waals surface area contributed by atoms with Gasteiger partial charge in [-0.3, -0.25) is 9.59 Å². The third-order valence-electron chi connectivity index (χ3n) is 4.50. The fraction of sp³-hybridized carbons (Fsp3) is 0.529. The molecule has 4 heteroatoms. The second kappa shape index (κ2) is 6.29. The summed E-state index contributed by atoms with van der Waals surface area (Å²) in [6.45, 7) is 3.65. The van der Waals surface area contributed by atoms with Crippen LogP contribution < -0.4 is 5.32 Å². The van der Waals surface area contributed by atoms with Gasteiger partial charge in [0.2, 0.25) is 5.91 Å². The Kier molecular flexibility index (Phi) is 4.66. The van der Waals surface area contributed by atoms with E-state index in [-0.39, 0.29) is 12.5 Å². The number of carbonyl (C=O) groups excluding carboxylic acids is 1. The Labute approximate surface area is 125 Å². The monoisotopic (exact) mass is 289 g/mol. The van der Waals surface area contributed by atoms with E-state index < -0.39 is 11.4 Å². The van der Waals surface area contributed by atoms with E-state index in [1.165, 1.54) is 17.5 Å². The van der Waals surface area contributed by atoms with Crippen LogP contribution in [-0.2, 0) is 28.9 Å². The van der Waals surface area contributed by atoms with Gasteiger partial charge in [-0.25, -0.2) is 0 Å². The molecule has 1 aromatic carbocycles. The molecule has 0 spiro atoms. The molecule has 0 bridgehead atoms. The van der Waals surface area contributed by atoms with E-state index in [1.54, 1.807) is 6.92 Å². The zero-order valence-corrected chi connectivity index (χ0v) is 12.7. The molecule has 0 heterocycles. The van der Waals surface area contributed by atoms with Crippen LogP contribution in [0.1, 0.15) is 43.4 Å². The number of carboxylic acids is 1. The third-order valence-corrected chi connectivity index (χ3v) is 4.50. The van der Waals surface area contributed by atoms with E-state index in [0.717, 1.165) is 18.4 Å². The lowest BCUT2D eigenvalue weighted by Gasteiger charge is -2.23. The maximum Gasteiger partial charge on any atom is 0.311 e. The van der Waals surface area contributed by atoms with Crippen molar-refractivity contribution in [2.24, 2.45) is 5.41 Å².